The Balaban J connectivity index is 0.00000169. The van der Waals surface area contributed by atoms with Gasteiger partial charge in [-0.15, -0.1) is 0 Å². The van der Waals surface area contributed by atoms with Gasteiger partial charge in [-0.25, -0.2) is 4.79 Å². The molecule has 14 heavy (non-hydrogen) atoms. The Morgan fingerprint density at radius 2 is 2.00 bits per heavy atom. The summed E-state index contributed by atoms with van der Waals surface area (Å²) in [5, 5.41) is 18.0. The Morgan fingerprint density at radius 1 is 1.43 bits per heavy atom. The van der Waals surface area contributed by atoms with E-state index in [0.717, 1.165) is 0 Å². The molecule has 1 aromatic rings. The fourth-order valence-corrected chi connectivity index (χ4v) is 0.865. The molecule has 1 unspecified atom stereocenters. The summed E-state index contributed by atoms with van der Waals surface area (Å²) in [4.78, 5) is 11.1. The van der Waals surface area contributed by atoms with Gasteiger partial charge < -0.3 is 21.1 Å². The maximum Gasteiger partial charge on any atom is 0.344 e. The molecule has 1 rings (SSSR count). The molecular formula is C9H13NO4. The second-order valence-electron chi connectivity index (χ2n) is 2.52. The molecule has 0 aliphatic carbocycles. The van der Waals surface area contributed by atoms with Gasteiger partial charge in [0, 0.05) is 0 Å². The molecule has 0 radical (unpaired) electrons. The van der Waals surface area contributed by atoms with E-state index in [4.69, 9.17) is 5.11 Å². The summed E-state index contributed by atoms with van der Waals surface area (Å²) < 4.78 is 4.47. The predicted molar refractivity (Wildman–Crippen MR) is 50.2 cm³/mol. The van der Waals surface area contributed by atoms with Gasteiger partial charge in [-0.05, 0) is 19.1 Å². The van der Waals surface area contributed by atoms with Crippen LogP contribution in [0, 0.1) is 0 Å². The molecule has 1 atom stereocenters. The van der Waals surface area contributed by atoms with E-state index in [0.29, 0.717) is 0 Å². The molecule has 1 aromatic carbocycles. The Kier molecular flexibility index (Phi) is 4.62. The molecule has 78 valence electrons. The van der Waals surface area contributed by atoms with Crippen molar-refractivity contribution in [3.8, 4) is 5.75 Å². The van der Waals surface area contributed by atoms with Crippen LogP contribution in [0.4, 0.5) is 0 Å². The minimum absolute atomic E-state index is 0. The number of benzene rings is 1. The third-order valence-corrected chi connectivity index (χ3v) is 1.40. The van der Waals surface area contributed by atoms with Crippen molar-refractivity contribution < 1.29 is 19.7 Å². The van der Waals surface area contributed by atoms with Crippen molar-refractivity contribution in [3.05, 3.63) is 29.8 Å². The van der Waals surface area contributed by atoms with Gasteiger partial charge in [-0.2, -0.15) is 0 Å². The van der Waals surface area contributed by atoms with Crippen LogP contribution < -0.4 is 6.15 Å². The summed E-state index contributed by atoms with van der Waals surface area (Å²) in [6.45, 7) is 1.32. The highest BCUT2D eigenvalue weighted by Gasteiger charge is 2.13. The number of phenols is 1. The SMILES string of the molecule is CC(O)OC(=O)c1ccccc1O.N. The molecule has 0 amide bonds. The lowest BCUT2D eigenvalue weighted by molar-refractivity contribution is -0.0524. The molecule has 0 aromatic heterocycles. The number of phenolic OH excluding ortho intramolecular Hbond substituents is 1. The highest BCUT2D eigenvalue weighted by Crippen LogP contribution is 2.16. The Hall–Kier alpha value is -1.59. The Morgan fingerprint density at radius 3 is 2.50 bits per heavy atom. The van der Waals surface area contributed by atoms with E-state index in [1.54, 1.807) is 12.1 Å². The lowest BCUT2D eigenvalue weighted by atomic mass is 10.2. The van der Waals surface area contributed by atoms with Crippen LogP contribution in [0.3, 0.4) is 0 Å². The number of aliphatic hydroxyl groups excluding tert-OH is 1. The van der Waals surface area contributed by atoms with E-state index in [1.807, 2.05) is 0 Å². The van der Waals surface area contributed by atoms with E-state index < -0.39 is 12.3 Å². The first-order chi connectivity index (χ1) is 6.11. The lowest BCUT2D eigenvalue weighted by Crippen LogP contribution is -2.13. The predicted octanol–water partition coefficient (Wildman–Crippen LogP) is 1.05. The number of carbonyl (C=O) groups is 1. The van der Waals surface area contributed by atoms with Crippen molar-refractivity contribution in [2.45, 2.75) is 13.2 Å². The van der Waals surface area contributed by atoms with Gasteiger partial charge >= 0.3 is 5.97 Å². The summed E-state index contributed by atoms with van der Waals surface area (Å²) in [5.74, 6) is -0.902. The Bertz CT molecular complexity index is 311. The fraction of sp³-hybridized carbons (Fsp3) is 0.222. The van der Waals surface area contributed by atoms with Gasteiger partial charge in [0.05, 0.1) is 0 Å². The van der Waals surface area contributed by atoms with E-state index in [1.165, 1.54) is 19.1 Å². The molecule has 0 spiro atoms. The van der Waals surface area contributed by atoms with Crippen LogP contribution in [0.15, 0.2) is 24.3 Å². The van der Waals surface area contributed by atoms with Crippen molar-refractivity contribution in [2.75, 3.05) is 0 Å². The van der Waals surface area contributed by atoms with E-state index >= 15 is 0 Å². The monoisotopic (exact) mass is 199 g/mol. The average molecular weight is 199 g/mol. The topological polar surface area (TPSA) is 102 Å². The zero-order chi connectivity index (χ0) is 9.84. The van der Waals surface area contributed by atoms with Crippen LogP contribution in [0.25, 0.3) is 0 Å². The van der Waals surface area contributed by atoms with Crippen LogP contribution in [0.5, 0.6) is 5.75 Å². The van der Waals surface area contributed by atoms with E-state index in [-0.39, 0.29) is 17.5 Å². The number of aliphatic hydroxyl groups is 1. The first-order valence-electron chi connectivity index (χ1n) is 3.78. The number of ether oxygens (including phenoxy) is 1. The third kappa shape index (κ3) is 3.04. The maximum absolute atomic E-state index is 11.1. The fourth-order valence-electron chi connectivity index (χ4n) is 0.865. The average Bonchev–Trinajstić information content (AvgIpc) is 2.03. The minimum Gasteiger partial charge on any atom is -0.507 e. The minimum atomic E-state index is -1.17. The normalized spacial score (nSPS) is 11.3. The van der Waals surface area contributed by atoms with Crippen LogP contribution in [0.1, 0.15) is 17.3 Å². The summed E-state index contributed by atoms with van der Waals surface area (Å²) in [5.41, 5.74) is 0.0448. The van der Waals surface area contributed by atoms with Gasteiger partial charge in [0.25, 0.3) is 0 Å². The molecule has 5 N–H and O–H groups in total. The summed E-state index contributed by atoms with van der Waals surface area (Å²) >= 11 is 0. The summed E-state index contributed by atoms with van der Waals surface area (Å²) in [6.07, 6.45) is -1.17. The van der Waals surface area contributed by atoms with Crippen LogP contribution in [0.2, 0.25) is 0 Å². The zero-order valence-electron chi connectivity index (χ0n) is 7.80. The first kappa shape index (κ1) is 12.4. The molecule has 0 saturated carbocycles. The van der Waals surface area contributed by atoms with E-state index in [9.17, 15) is 9.90 Å². The quantitative estimate of drug-likeness (QED) is 0.488. The van der Waals surface area contributed by atoms with E-state index in [2.05, 4.69) is 4.74 Å². The number of para-hydroxylation sites is 1. The Labute approximate surface area is 81.5 Å². The molecule has 0 fully saturated rings. The molecule has 0 aliphatic heterocycles. The van der Waals surface area contributed by atoms with Gasteiger partial charge in [-0.3, -0.25) is 0 Å². The van der Waals surface area contributed by atoms with Gasteiger partial charge in [-0.1, -0.05) is 12.1 Å². The molecule has 0 bridgehead atoms. The largest absolute Gasteiger partial charge is 0.507 e. The smallest absolute Gasteiger partial charge is 0.344 e. The molecule has 0 saturated heterocycles. The summed E-state index contributed by atoms with van der Waals surface area (Å²) in [6, 6.07) is 5.98. The molecule has 5 heteroatoms. The maximum atomic E-state index is 11.1. The molecule has 5 nitrogen and oxygen atoms in total. The number of hydrogen-bond donors (Lipinski definition) is 3. The molecule has 0 heterocycles. The van der Waals surface area contributed by atoms with Crippen molar-refractivity contribution >= 4 is 5.97 Å². The van der Waals surface area contributed by atoms with Crippen molar-refractivity contribution in [1.82, 2.24) is 6.15 Å². The van der Waals surface area contributed by atoms with Crippen LogP contribution >= 0.6 is 0 Å². The van der Waals surface area contributed by atoms with Crippen LogP contribution in [-0.2, 0) is 4.74 Å². The number of aromatic hydroxyl groups is 1. The van der Waals surface area contributed by atoms with Crippen molar-refractivity contribution in [2.24, 2.45) is 0 Å². The molecule has 0 aliphatic rings. The third-order valence-electron chi connectivity index (χ3n) is 1.40. The zero-order valence-corrected chi connectivity index (χ0v) is 7.80. The van der Waals surface area contributed by atoms with Crippen molar-refractivity contribution in [1.29, 1.82) is 0 Å². The number of esters is 1. The van der Waals surface area contributed by atoms with Gasteiger partial charge in [0.2, 0.25) is 0 Å². The number of carbonyl (C=O) groups excluding carboxylic acids is 1. The highest BCUT2D eigenvalue weighted by atomic mass is 16.6. The second-order valence-corrected chi connectivity index (χ2v) is 2.52. The van der Waals surface area contributed by atoms with Crippen molar-refractivity contribution in [3.63, 3.8) is 0 Å². The standard InChI is InChI=1S/C9H10O4.H3N/c1-6(10)13-9(12)7-4-2-3-5-8(7)11;/h2-6,10-11H,1H3;1H3. The number of rotatable bonds is 2. The summed E-state index contributed by atoms with van der Waals surface area (Å²) in [7, 11) is 0. The van der Waals surface area contributed by atoms with Crippen LogP contribution in [-0.4, -0.2) is 22.5 Å². The van der Waals surface area contributed by atoms with Gasteiger partial charge in [0.15, 0.2) is 6.29 Å². The second kappa shape index (κ2) is 5.21. The highest BCUT2D eigenvalue weighted by molar-refractivity contribution is 5.92. The lowest BCUT2D eigenvalue weighted by Gasteiger charge is -2.07. The first-order valence-corrected chi connectivity index (χ1v) is 3.78. The number of hydrogen-bond acceptors (Lipinski definition) is 5. The van der Waals surface area contributed by atoms with Gasteiger partial charge in [0.1, 0.15) is 11.3 Å². The molecular weight excluding hydrogens is 186 g/mol.